The lowest BCUT2D eigenvalue weighted by atomic mass is 10.0. The quantitative estimate of drug-likeness (QED) is 0.643. The molecule has 7 heteroatoms. The average molecular weight is 235 g/mol. The molecular formula is C9H8F3NO3. The summed E-state index contributed by atoms with van der Waals surface area (Å²) in [6.07, 6.45) is -6.39. The molecule has 0 saturated carbocycles. The molecule has 0 aliphatic rings. The summed E-state index contributed by atoms with van der Waals surface area (Å²) in [4.78, 5) is 9.25. The van der Waals surface area contributed by atoms with Gasteiger partial charge in [0.2, 0.25) is 6.54 Å². The van der Waals surface area contributed by atoms with Crippen molar-refractivity contribution in [3.63, 3.8) is 0 Å². The predicted molar refractivity (Wildman–Crippen MR) is 48.3 cm³/mol. The molecule has 0 aliphatic heterocycles. The summed E-state index contributed by atoms with van der Waals surface area (Å²) in [5, 5.41) is 19.4. The van der Waals surface area contributed by atoms with Gasteiger partial charge < -0.3 is 5.11 Å². The molecule has 0 amide bonds. The van der Waals surface area contributed by atoms with Gasteiger partial charge in [-0.2, -0.15) is 13.2 Å². The highest BCUT2D eigenvalue weighted by Crippen LogP contribution is 2.34. The van der Waals surface area contributed by atoms with Gasteiger partial charge in [-0.15, -0.1) is 0 Å². The van der Waals surface area contributed by atoms with Crippen LogP contribution in [0, 0.1) is 10.1 Å². The van der Waals surface area contributed by atoms with Crippen molar-refractivity contribution < 1.29 is 23.2 Å². The van der Waals surface area contributed by atoms with E-state index in [2.05, 4.69) is 0 Å². The number of nitro groups is 1. The third-order valence-corrected chi connectivity index (χ3v) is 1.95. The third kappa shape index (κ3) is 2.93. The molecule has 0 aromatic heterocycles. The first-order chi connectivity index (χ1) is 7.32. The summed E-state index contributed by atoms with van der Waals surface area (Å²) in [5.41, 5.74) is -1.53. The topological polar surface area (TPSA) is 63.4 Å². The molecule has 0 saturated heterocycles. The van der Waals surface area contributed by atoms with Crippen molar-refractivity contribution in [2.75, 3.05) is 6.54 Å². The molecule has 0 aliphatic carbocycles. The Hall–Kier alpha value is -1.63. The molecule has 1 atom stereocenters. The summed E-state index contributed by atoms with van der Waals surface area (Å²) >= 11 is 0. The monoisotopic (exact) mass is 235 g/mol. The van der Waals surface area contributed by atoms with Gasteiger partial charge in [-0.3, -0.25) is 10.1 Å². The van der Waals surface area contributed by atoms with E-state index in [9.17, 15) is 28.4 Å². The largest absolute Gasteiger partial charge is 0.416 e. The number of nitrogens with zero attached hydrogens (tertiary/aromatic N) is 1. The highest BCUT2D eigenvalue weighted by atomic mass is 19.4. The van der Waals surface area contributed by atoms with E-state index < -0.39 is 34.9 Å². The van der Waals surface area contributed by atoms with Gasteiger partial charge in [-0.05, 0) is 11.6 Å². The van der Waals surface area contributed by atoms with Crippen LogP contribution in [0.1, 0.15) is 17.2 Å². The van der Waals surface area contributed by atoms with Gasteiger partial charge in [0.05, 0.1) is 5.56 Å². The molecule has 4 nitrogen and oxygen atoms in total. The van der Waals surface area contributed by atoms with Gasteiger partial charge in [-0.25, -0.2) is 0 Å². The van der Waals surface area contributed by atoms with E-state index in [4.69, 9.17) is 0 Å². The van der Waals surface area contributed by atoms with Crippen LogP contribution in [-0.2, 0) is 6.18 Å². The van der Waals surface area contributed by atoms with E-state index in [1.165, 1.54) is 6.07 Å². The Bertz CT molecular complexity index is 392. The van der Waals surface area contributed by atoms with Crippen LogP contribution in [0.2, 0.25) is 0 Å². The first-order valence-electron chi connectivity index (χ1n) is 4.28. The fourth-order valence-electron chi connectivity index (χ4n) is 1.29. The molecule has 0 unspecified atom stereocenters. The zero-order valence-electron chi connectivity index (χ0n) is 7.94. The van der Waals surface area contributed by atoms with E-state index in [1.807, 2.05) is 0 Å². The predicted octanol–water partition coefficient (Wildman–Crippen LogP) is 2.02. The minimum atomic E-state index is -4.63. The van der Waals surface area contributed by atoms with Crippen LogP contribution >= 0.6 is 0 Å². The Labute approximate surface area is 88.5 Å². The Morgan fingerprint density at radius 1 is 1.38 bits per heavy atom. The number of hydrogen-bond donors (Lipinski definition) is 1. The lowest BCUT2D eigenvalue weighted by Crippen LogP contribution is -2.17. The summed E-state index contributed by atoms with van der Waals surface area (Å²) in [5.74, 6) is 0. The number of benzene rings is 1. The summed E-state index contributed by atoms with van der Waals surface area (Å²) in [6, 6.07) is 4.24. The molecule has 1 aromatic carbocycles. The van der Waals surface area contributed by atoms with Crippen molar-refractivity contribution in [3.05, 3.63) is 45.5 Å². The molecule has 1 rings (SSSR count). The first kappa shape index (κ1) is 12.4. The molecule has 0 bridgehead atoms. The van der Waals surface area contributed by atoms with Crippen molar-refractivity contribution in [3.8, 4) is 0 Å². The van der Waals surface area contributed by atoms with E-state index in [-0.39, 0.29) is 0 Å². The van der Waals surface area contributed by atoms with Gasteiger partial charge in [0, 0.05) is 4.92 Å². The molecule has 1 aromatic rings. The normalized spacial score (nSPS) is 13.5. The second-order valence-electron chi connectivity index (χ2n) is 3.12. The first-order valence-corrected chi connectivity index (χ1v) is 4.28. The molecule has 0 spiro atoms. The van der Waals surface area contributed by atoms with Crippen molar-refractivity contribution in [2.24, 2.45) is 0 Å². The SMILES string of the molecule is O=[N+]([O-])C[C@H](O)c1ccccc1C(F)(F)F. The van der Waals surface area contributed by atoms with Crippen molar-refractivity contribution in [1.29, 1.82) is 0 Å². The highest BCUT2D eigenvalue weighted by Gasteiger charge is 2.35. The van der Waals surface area contributed by atoms with Gasteiger partial charge >= 0.3 is 6.18 Å². The summed E-state index contributed by atoms with van der Waals surface area (Å²) in [7, 11) is 0. The Kier molecular flexibility index (Phi) is 3.48. The molecule has 0 radical (unpaired) electrons. The molecular weight excluding hydrogens is 227 g/mol. The lowest BCUT2D eigenvalue weighted by molar-refractivity contribution is -0.491. The van der Waals surface area contributed by atoms with Crippen LogP contribution in [0.25, 0.3) is 0 Å². The molecule has 88 valence electrons. The number of alkyl halides is 3. The Morgan fingerprint density at radius 3 is 2.44 bits per heavy atom. The van der Waals surface area contributed by atoms with Crippen molar-refractivity contribution in [2.45, 2.75) is 12.3 Å². The van der Waals surface area contributed by atoms with Gasteiger partial charge in [0.15, 0.2) is 0 Å². The van der Waals surface area contributed by atoms with Crippen LogP contribution in [-0.4, -0.2) is 16.6 Å². The second-order valence-corrected chi connectivity index (χ2v) is 3.12. The molecule has 16 heavy (non-hydrogen) atoms. The van der Waals surface area contributed by atoms with E-state index in [0.717, 1.165) is 18.2 Å². The number of rotatable bonds is 3. The number of aliphatic hydroxyl groups is 1. The van der Waals surface area contributed by atoms with Crippen molar-refractivity contribution in [1.82, 2.24) is 0 Å². The van der Waals surface area contributed by atoms with Gasteiger partial charge in [0.25, 0.3) is 0 Å². The standard InChI is InChI=1S/C9H8F3NO3/c10-9(11,12)7-4-2-1-3-6(7)8(14)5-13(15)16/h1-4,8,14H,5H2/t8-/m0/s1. The van der Waals surface area contributed by atoms with Crippen molar-refractivity contribution >= 4 is 0 Å². The van der Waals surface area contributed by atoms with Crippen LogP contribution in [0.4, 0.5) is 13.2 Å². The van der Waals surface area contributed by atoms with E-state index in [1.54, 1.807) is 0 Å². The van der Waals surface area contributed by atoms with Crippen LogP contribution in [0.5, 0.6) is 0 Å². The molecule has 0 fully saturated rings. The number of halogens is 3. The Morgan fingerprint density at radius 2 is 1.94 bits per heavy atom. The second kappa shape index (κ2) is 4.48. The van der Waals surface area contributed by atoms with Crippen LogP contribution in [0.3, 0.4) is 0 Å². The van der Waals surface area contributed by atoms with E-state index >= 15 is 0 Å². The third-order valence-electron chi connectivity index (χ3n) is 1.95. The zero-order valence-corrected chi connectivity index (χ0v) is 7.94. The Balaban J connectivity index is 3.08. The minimum absolute atomic E-state index is 0.480. The molecule has 1 N–H and O–H groups in total. The summed E-state index contributed by atoms with van der Waals surface area (Å²) < 4.78 is 37.4. The maximum atomic E-state index is 12.5. The lowest BCUT2D eigenvalue weighted by Gasteiger charge is -2.14. The van der Waals surface area contributed by atoms with Gasteiger partial charge in [-0.1, -0.05) is 18.2 Å². The number of aliphatic hydroxyl groups excluding tert-OH is 1. The fourth-order valence-corrected chi connectivity index (χ4v) is 1.29. The van der Waals surface area contributed by atoms with Crippen LogP contribution in [0.15, 0.2) is 24.3 Å². The zero-order chi connectivity index (χ0) is 12.3. The maximum Gasteiger partial charge on any atom is 0.416 e. The maximum absolute atomic E-state index is 12.5. The fraction of sp³-hybridized carbons (Fsp3) is 0.333. The smallest absolute Gasteiger partial charge is 0.381 e. The minimum Gasteiger partial charge on any atom is -0.381 e. The average Bonchev–Trinajstić information content (AvgIpc) is 2.15. The number of hydrogen-bond acceptors (Lipinski definition) is 3. The van der Waals surface area contributed by atoms with Gasteiger partial charge in [0.1, 0.15) is 6.10 Å². The highest BCUT2D eigenvalue weighted by molar-refractivity contribution is 5.31. The van der Waals surface area contributed by atoms with E-state index in [0.29, 0.717) is 0 Å². The van der Waals surface area contributed by atoms with Crippen LogP contribution < -0.4 is 0 Å². The molecule has 0 heterocycles. The summed E-state index contributed by atoms with van der Waals surface area (Å²) in [6.45, 7) is -0.951.